The van der Waals surface area contributed by atoms with E-state index in [0.717, 1.165) is 18.7 Å². The van der Waals surface area contributed by atoms with Crippen molar-refractivity contribution in [2.75, 3.05) is 18.4 Å². The maximum absolute atomic E-state index is 12.4. The third-order valence-electron chi connectivity index (χ3n) is 3.84. The Morgan fingerprint density at radius 3 is 2.48 bits per heavy atom. The largest absolute Gasteiger partial charge is 0.384 e. The molecule has 1 aromatic rings. The van der Waals surface area contributed by atoms with E-state index in [1.165, 1.54) is 0 Å². The van der Waals surface area contributed by atoms with Gasteiger partial charge in [-0.1, -0.05) is 34.6 Å². The van der Waals surface area contributed by atoms with E-state index in [-0.39, 0.29) is 5.91 Å². The van der Waals surface area contributed by atoms with Crippen molar-refractivity contribution < 1.29 is 4.79 Å². The second kappa shape index (κ2) is 8.65. The first-order valence-electron chi connectivity index (χ1n) is 7.93. The van der Waals surface area contributed by atoms with Crippen molar-refractivity contribution >= 4 is 11.6 Å². The summed E-state index contributed by atoms with van der Waals surface area (Å²) in [6, 6.07) is 1.85. The highest BCUT2D eigenvalue weighted by atomic mass is 16.1. The molecular formula is C17H29N3O. The maximum Gasteiger partial charge on any atom is 0.254 e. The van der Waals surface area contributed by atoms with Gasteiger partial charge in [-0.15, -0.1) is 0 Å². The van der Waals surface area contributed by atoms with E-state index in [1.54, 1.807) is 12.4 Å². The zero-order valence-electron chi connectivity index (χ0n) is 13.9. The molecule has 1 heterocycles. The van der Waals surface area contributed by atoms with Crippen LogP contribution in [0.1, 0.15) is 51.4 Å². The van der Waals surface area contributed by atoms with Crippen molar-refractivity contribution in [3.63, 3.8) is 0 Å². The summed E-state index contributed by atoms with van der Waals surface area (Å²) in [7, 11) is 0. The molecule has 0 saturated carbocycles. The molecule has 0 aliphatic rings. The van der Waals surface area contributed by atoms with Crippen LogP contribution in [0, 0.1) is 17.8 Å². The Morgan fingerprint density at radius 2 is 1.90 bits per heavy atom. The van der Waals surface area contributed by atoms with Crippen molar-refractivity contribution in [1.29, 1.82) is 0 Å². The SMILES string of the molecule is CCCNc1ccncc1C(=O)NCC(C(C)C)C(C)C. The molecule has 0 atom stereocenters. The standard InChI is InChI=1S/C17H29N3O/c1-6-8-19-16-7-9-18-10-15(16)17(21)20-11-14(12(2)3)13(4)5/h7,9-10,12-14H,6,8,11H2,1-5H3,(H,18,19)(H,20,21). The van der Waals surface area contributed by atoms with Gasteiger partial charge in [-0.25, -0.2) is 0 Å². The number of carbonyl (C=O) groups excluding carboxylic acids is 1. The predicted octanol–water partition coefficient (Wildman–Crippen LogP) is 3.56. The molecule has 4 nitrogen and oxygen atoms in total. The number of amides is 1. The topological polar surface area (TPSA) is 54.0 Å². The van der Waals surface area contributed by atoms with Gasteiger partial charge in [0, 0.05) is 25.5 Å². The average Bonchev–Trinajstić information content (AvgIpc) is 2.44. The van der Waals surface area contributed by atoms with Gasteiger partial charge in [0.2, 0.25) is 0 Å². The zero-order chi connectivity index (χ0) is 15.8. The quantitative estimate of drug-likeness (QED) is 0.770. The molecule has 0 aromatic carbocycles. The Kier molecular flexibility index (Phi) is 7.20. The third-order valence-corrected chi connectivity index (χ3v) is 3.84. The first-order valence-corrected chi connectivity index (χ1v) is 7.93. The van der Waals surface area contributed by atoms with Crippen molar-refractivity contribution in [2.24, 2.45) is 17.8 Å². The molecule has 0 aliphatic heterocycles. The monoisotopic (exact) mass is 291 g/mol. The third kappa shape index (κ3) is 5.37. The van der Waals surface area contributed by atoms with Gasteiger partial charge in [-0.2, -0.15) is 0 Å². The van der Waals surface area contributed by atoms with Gasteiger partial charge in [0.05, 0.1) is 11.3 Å². The molecule has 1 rings (SSSR count). The minimum Gasteiger partial charge on any atom is -0.384 e. The smallest absolute Gasteiger partial charge is 0.254 e. The highest BCUT2D eigenvalue weighted by molar-refractivity contribution is 5.99. The Morgan fingerprint density at radius 1 is 1.24 bits per heavy atom. The minimum absolute atomic E-state index is 0.0481. The molecule has 0 saturated heterocycles. The van der Waals surface area contributed by atoms with Crippen molar-refractivity contribution in [1.82, 2.24) is 10.3 Å². The highest BCUT2D eigenvalue weighted by Crippen LogP contribution is 2.20. The van der Waals surface area contributed by atoms with Crippen LogP contribution < -0.4 is 10.6 Å². The van der Waals surface area contributed by atoms with Gasteiger partial charge in [-0.3, -0.25) is 9.78 Å². The van der Waals surface area contributed by atoms with Crippen LogP contribution in [0.3, 0.4) is 0 Å². The summed E-state index contributed by atoms with van der Waals surface area (Å²) in [5.41, 5.74) is 1.48. The molecule has 0 unspecified atom stereocenters. The maximum atomic E-state index is 12.4. The van der Waals surface area contributed by atoms with E-state index >= 15 is 0 Å². The molecule has 118 valence electrons. The van der Waals surface area contributed by atoms with Gasteiger partial charge in [-0.05, 0) is 30.2 Å². The lowest BCUT2D eigenvalue weighted by Gasteiger charge is -2.25. The summed E-state index contributed by atoms with van der Waals surface area (Å²) in [6.45, 7) is 12.5. The zero-order valence-corrected chi connectivity index (χ0v) is 13.9. The summed E-state index contributed by atoms with van der Waals surface area (Å²) in [5, 5.41) is 6.34. The van der Waals surface area contributed by atoms with Crippen LogP contribution in [-0.2, 0) is 0 Å². The second-order valence-electron chi connectivity index (χ2n) is 6.21. The van der Waals surface area contributed by atoms with E-state index < -0.39 is 0 Å². The lowest BCUT2D eigenvalue weighted by atomic mass is 9.85. The van der Waals surface area contributed by atoms with Crippen molar-refractivity contribution in [3.8, 4) is 0 Å². The van der Waals surface area contributed by atoms with Crippen LogP contribution in [0.2, 0.25) is 0 Å². The lowest BCUT2D eigenvalue weighted by molar-refractivity contribution is 0.0937. The number of nitrogens with zero attached hydrogens (tertiary/aromatic N) is 1. The van der Waals surface area contributed by atoms with Crippen LogP contribution in [0.4, 0.5) is 5.69 Å². The van der Waals surface area contributed by atoms with Gasteiger partial charge in [0.1, 0.15) is 0 Å². The average molecular weight is 291 g/mol. The van der Waals surface area contributed by atoms with Crippen molar-refractivity contribution in [2.45, 2.75) is 41.0 Å². The summed E-state index contributed by atoms with van der Waals surface area (Å²) >= 11 is 0. The molecule has 0 radical (unpaired) electrons. The number of hydrogen-bond acceptors (Lipinski definition) is 3. The molecule has 0 spiro atoms. The Balaban J connectivity index is 2.71. The number of pyridine rings is 1. The fourth-order valence-electron chi connectivity index (χ4n) is 2.54. The number of carbonyl (C=O) groups is 1. The van der Waals surface area contributed by atoms with Crippen LogP contribution in [-0.4, -0.2) is 24.0 Å². The predicted molar refractivity (Wildman–Crippen MR) is 88.5 cm³/mol. The van der Waals surface area contributed by atoms with Crippen LogP contribution >= 0.6 is 0 Å². The van der Waals surface area contributed by atoms with Crippen LogP contribution in [0.15, 0.2) is 18.5 Å². The summed E-state index contributed by atoms with van der Waals surface area (Å²) in [4.78, 5) is 16.5. The van der Waals surface area contributed by atoms with Gasteiger partial charge < -0.3 is 10.6 Å². The Labute approximate surface area is 128 Å². The molecule has 1 aromatic heterocycles. The molecule has 0 fully saturated rings. The van der Waals surface area contributed by atoms with E-state index in [1.807, 2.05) is 6.07 Å². The van der Waals surface area contributed by atoms with E-state index in [0.29, 0.717) is 29.9 Å². The molecule has 1 amide bonds. The minimum atomic E-state index is -0.0481. The Bertz CT molecular complexity index is 435. The Hall–Kier alpha value is -1.58. The first-order chi connectivity index (χ1) is 9.97. The summed E-state index contributed by atoms with van der Waals surface area (Å²) < 4.78 is 0. The van der Waals surface area contributed by atoms with Crippen molar-refractivity contribution in [3.05, 3.63) is 24.0 Å². The van der Waals surface area contributed by atoms with Gasteiger partial charge in [0.25, 0.3) is 5.91 Å². The van der Waals surface area contributed by atoms with E-state index in [4.69, 9.17) is 0 Å². The first kappa shape index (κ1) is 17.5. The molecular weight excluding hydrogens is 262 g/mol. The molecule has 21 heavy (non-hydrogen) atoms. The lowest BCUT2D eigenvalue weighted by Crippen LogP contribution is -2.34. The number of nitrogens with one attached hydrogen (secondary N) is 2. The normalized spacial score (nSPS) is 11.2. The summed E-state index contributed by atoms with van der Waals surface area (Å²) in [5.74, 6) is 1.54. The van der Waals surface area contributed by atoms with Gasteiger partial charge in [0.15, 0.2) is 0 Å². The van der Waals surface area contributed by atoms with E-state index in [2.05, 4.69) is 50.2 Å². The van der Waals surface area contributed by atoms with Crippen LogP contribution in [0.25, 0.3) is 0 Å². The summed E-state index contributed by atoms with van der Waals surface area (Å²) in [6.07, 6.45) is 4.36. The fourth-order valence-corrected chi connectivity index (χ4v) is 2.54. The number of hydrogen-bond donors (Lipinski definition) is 2. The number of rotatable bonds is 8. The fraction of sp³-hybridized carbons (Fsp3) is 0.647. The molecule has 2 N–H and O–H groups in total. The van der Waals surface area contributed by atoms with Gasteiger partial charge >= 0.3 is 0 Å². The molecule has 0 aliphatic carbocycles. The van der Waals surface area contributed by atoms with Crippen LogP contribution in [0.5, 0.6) is 0 Å². The number of anilines is 1. The number of aromatic nitrogens is 1. The molecule has 4 heteroatoms. The highest BCUT2D eigenvalue weighted by Gasteiger charge is 2.19. The molecule has 0 bridgehead atoms. The second-order valence-corrected chi connectivity index (χ2v) is 6.21. The van der Waals surface area contributed by atoms with E-state index in [9.17, 15) is 4.79 Å².